The fraction of sp³-hybridized carbons (Fsp3) is 0.750. The van der Waals surface area contributed by atoms with E-state index in [1.54, 1.807) is 0 Å². The molecule has 1 fully saturated rings. The smallest absolute Gasteiger partial charge is 0.317 e. The van der Waals surface area contributed by atoms with E-state index in [4.69, 9.17) is 4.74 Å². The number of hydrogen-bond acceptors (Lipinski definition) is 5. The molecule has 1 heterocycles. The standard InChI is InChI=1S/C8H12O4S/c1-5(3-6(9)11-2)8-12-7(10)4-13-8/h5,8H,3-4H2,1-2H3. The monoisotopic (exact) mass is 204 g/mol. The second-order valence-corrected chi connectivity index (χ2v) is 4.01. The largest absolute Gasteiger partial charge is 0.469 e. The lowest BCUT2D eigenvalue weighted by atomic mass is 10.1. The molecule has 2 unspecified atom stereocenters. The van der Waals surface area contributed by atoms with E-state index in [2.05, 4.69) is 4.74 Å². The molecular weight excluding hydrogens is 192 g/mol. The molecule has 1 aliphatic heterocycles. The molecule has 13 heavy (non-hydrogen) atoms. The molecule has 0 saturated carbocycles. The van der Waals surface area contributed by atoms with Crippen LogP contribution in [0.2, 0.25) is 0 Å². The lowest BCUT2D eigenvalue weighted by Crippen LogP contribution is -2.19. The Kier molecular flexibility index (Phi) is 3.59. The summed E-state index contributed by atoms with van der Waals surface area (Å²) in [6.45, 7) is 1.87. The molecule has 5 heteroatoms. The lowest BCUT2D eigenvalue weighted by Gasteiger charge is -2.15. The zero-order valence-corrected chi connectivity index (χ0v) is 8.43. The van der Waals surface area contributed by atoms with Crippen LogP contribution in [-0.4, -0.2) is 30.2 Å². The van der Waals surface area contributed by atoms with Gasteiger partial charge in [-0.05, 0) is 0 Å². The number of methoxy groups -OCH3 is 1. The molecule has 0 radical (unpaired) electrons. The third-order valence-corrected chi connectivity index (χ3v) is 3.09. The number of ether oxygens (including phenoxy) is 2. The normalized spacial score (nSPS) is 23.8. The summed E-state index contributed by atoms with van der Waals surface area (Å²) in [6.07, 6.45) is 0.293. The summed E-state index contributed by atoms with van der Waals surface area (Å²) >= 11 is 1.43. The van der Waals surface area contributed by atoms with Gasteiger partial charge in [-0.1, -0.05) is 6.92 Å². The van der Waals surface area contributed by atoms with Crippen molar-refractivity contribution in [1.82, 2.24) is 0 Å². The number of cyclic esters (lactones) is 1. The average molecular weight is 204 g/mol. The second kappa shape index (κ2) is 4.50. The van der Waals surface area contributed by atoms with Gasteiger partial charge in [0.1, 0.15) is 0 Å². The number of rotatable bonds is 3. The van der Waals surface area contributed by atoms with E-state index < -0.39 is 0 Å². The molecule has 0 aromatic rings. The topological polar surface area (TPSA) is 52.6 Å². The Morgan fingerprint density at radius 2 is 2.54 bits per heavy atom. The summed E-state index contributed by atoms with van der Waals surface area (Å²) in [5.74, 6) is -0.0671. The zero-order chi connectivity index (χ0) is 9.84. The first-order valence-corrected chi connectivity index (χ1v) is 5.06. The van der Waals surface area contributed by atoms with Gasteiger partial charge >= 0.3 is 11.9 Å². The molecule has 0 aliphatic carbocycles. The van der Waals surface area contributed by atoms with Crippen molar-refractivity contribution in [3.8, 4) is 0 Å². The highest BCUT2D eigenvalue weighted by Crippen LogP contribution is 2.29. The first-order valence-electron chi connectivity index (χ1n) is 4.01. The van der Waals surface area contributed by atoms with Crippen LogP contribution in [0.3, 0.4) is 0 Å². The zero-order valence-electron chi connectivity index (χ0n) is 7.61. The number of carbonyl (C=O) groups excluding carboxylic acids is 2. The van der Waals surface area contributed by atoms with Crippen LogP contribution in [-0.2, 0) is 19.1 Å². The molecule has 1 aliphatic rings. The van der Waals surface area contributed by atoms with Crippen molar-refractivity contribution in [2.45, 2.75) is 18.8 Å². The van der Waals surface area contributed by atoms with Gasteiger partial charge in [-0.3, -0.25) is 9.59 Å². The van der Waals surface area contributed by atoms with E-state index in [0.29, 0.717) is 12.2 Å². The predicted molar refractivity (Wildman–Crippen MR) is 48.1 cm³/mol. The van der Waals surface area contributed by atoms with Crippen LogP contribution in [0.4, 0.5) is 0 Å². The van der Waals surface area contributed by atoms with Crippen LogP contribution in [0.15, 0.2) is 0 Å². The molecule has 0 aromatic heterocycles. The minimum Gasteiger partial charge on any atom is -0.469 e. The molecule has 74 valence electrons. The summed E-state index contributed by atoms with van der Waals surface area (Å²) < 4.78 is 9.50. The predicted octanol–water partition coefficient (Wildman–Crippen LogP) is 0.802. The van der Waals surface area contributed by atoms with Crippen molar-refractivity contribution in [3.63, 3.8) is 0 Å². The Bertz CT molecular complexity index is 216. The summed E-state index contributed by atoms with van der Waals surface area (Å²) in [6, 6.07) is 0. The van der Waals surface area contributed by atoms with Crippen LogP contribution in [0.1, 0.15) is 13.3 Å². The summed E-state index contributed by atoms with van der Waals surface area (Å²) in [7, 11) is 1.35. The first-order chi connectivity index (χ1) is 6.13. The van der Waals surface area contributed by atoms with E-state index in [1.165, 1.54) is 18.9 Å². The van der Waals surface area contributed by atoms with E-state index in [1.807, 2.05) is 6.92 Å². The summed E-state index contributed by atoms with van der Waals surface area (Å²) in [4.78, 5) is 21.6. The van der Waals surface area contributed by atoms with Gasteiger partial charge in [-0.15, -0.1) is 11.8 Å². The molecule has 1 rings (SSSR count). The number of thioether (sulfide) groups is 1. The molecule has 4 nitrogen and oxygen atoms in total. The maximum absolute atomic E-state index is 10.9. The Balaban J connectivity index is 2.35. The summed E-state index contributed by atoms with van der Waals surface area (Å²) in [5, 5.41) is 0. The molecule has 1 saturated heterocycles. The van der Waals surface area contributed by atoms with Crippen molar-refractivity contribution in [2.24, 2.45) is 5.92 Å². The van der Waals surface area contributed by atoms with E-state index >= 15 is 0 Å². The van der Waals surface area contributed by atoms with Gasteiger partial charge in [0.15, 0.2) is 5.44 Å². The quantitative estimate of drug-likeness (QED) is 0.636. The molecule has 2 atom stereocenters. The van der Waals surface area contributed by atoms with Crippen LogP contribution < -0.4 is 0 Å². The van der Waals surface area contributed by atoms with Gasteiger partial charge < -0.3 is 9.47 Å². The molecule has 0 N–H and O–H groups in total. The third kappa shape index (κ3) is 2.91. The van der Waals surface area contributed by atoms with Crippen LogP contribution in [0.25, 0.3) is 0 Å². The molecular formula is C8H12O4S. The fourth-order valence-electron chi connectivity index (χ4n) is 1.07. The highest BCUT2D eigenvalue weighted by molar-refractivity contribution is 8.00. The van der Waals surface area contributed by atoms with Gasteiger partial charge in [-0.25, -0.2) is 0 Å². The van der Waals surface area contributed by atoms with Crippen molar-refractivity contribution in [3.05, 3.63) is 0 Å². The molecule has 0 spiro atoms. The Morgan fingerprint density at radius 3 is 3.00 bits per heavy atom. The minimum absolute atomic E-state index is 0.0175. The fourth-order valence-corrected chi connectivity index (χ4v) is 2.04. The molecule has 0 amide bonds. The average Bonchev–Trinajstić information content (AvgIpc) is 2.51. The van der Waals surface area contributed by atoms with Crippen LogP contribution in [0.5, 0.6) is 0 Å². The van der Waals surface area contributed by atoms with Gasteiger partial charge in [0.25, 0.3) is 0 Å². The Hall–Kier alpha value is -0.710. The van der Waals surface area contributed by atoms with Gasteiger partial charge in [0, 0.05) is 5.92 Å². The van der Waals surface area contributed by atoms with Crippen molar-refractivity contribution in [2.75, 3.05) is 12.9 Å². The maximum Gasteiger partial charge on any atom is 0.317 e. The van der Waals surface area contributed by atoms with Crippen molar-refractivity contribution < 1.29 is 19.1 Å². The second-order valence-electron chi connectivity index (χ2n) is 2.93. The van der Waals surface area contributed by atoms with Gasteiger partial charge in [0.05, 0.1) is 19.3 Å². The molecule has 0 bridgehead atoms. The first kappa shape index (κ1) is 10.4. The number of carbonyl (C=O) groups is 2. The van der Waals surface area contributed by atoms with Gasteiger partial charge in [0.2, 0.25) is 0 Å². The third-order valence-electron chi connectivity index (χ3n) is 1.79. The highest BCUT2D eigenvalue weighted by atomic mass is 32.2. The van der Waals surface area contributed by atoms with Crippen molar-refractivity contribution in [1.29, 1.82) is 0 Å². The van der Waals surface area contributed by atoms with Crippen LogP contribution >= 0.6 is 11.8 Å². The Labute approximate surface area is 81.0 Å². The van der Waals surface area contributed by atoms with Gasteiger partial charge in [-0.2, -0.15) is 0 Å². The minimum atomic E-state index is -0.268. The molecule has 0 aromatic carbocycles. The van der Waals surface area contributed by atoms with Crippen molar-refractivity contribution >= 4 is 23.7 Å². The van der Waals surface area contributed by atoms with E-state index in [-0.39, 0.29) is 23.3 Å². The number of esters is 2. The van der Waals surface area contributed by atoms with Crippen LogP contribution in [0, 0.1) is 5.92 Å². The SMILES string of the molecule is COC(=O)CC(C)C1OC(=O)CS1. The lowest BCUT2D eigenvalue weighted by molar-refractivity contribution is -0.146. The summed E-state index contributed by atoms with van der Waals surface area (Å²) in [5.41, 5.74) is -0.188. The Morgan fingerprint density at radius 1 is 1.85 bits per heavy atom. The highest BCUT2D eigenvalue weighted by Gasteiger charge is 2.30. The van der Waals surface area contributed by atoms with E-state index in [0.717, 1.165) is 0 Å². The van der Waals surface area contributed by atoms with E-state index in [9.17, 15) is 9.59 Å². The maximum atomic E-state index is 10.9. The number of hydrogen-bond donors (Lipinski definition) is 0.